The van der Waals surface area contributed by atoms with E-state index in [0.717, 1.165) is 32.6 Å². The number of ether oxygens (including phenoxy) is 1. The summed E-state index contributed by atoms with van der Waals surface area (Å²) in [6.45, 7) is 2.63. The maximum absolute atomic E-state index is 5.76. The molecule has 4 heteroatoms. The van der Waals surface area contributed by atoms with Crippen molar-refractivity contribution in [3.8, 4) is 21.6 Å². The third kappa shape index (κ3) is 4.30. The van der Waals surface area contributed by atoms with Gasteiger partial charge in [-0.15, -0.1) is 11.3 Å². The number of thiophene rings is 1. The highest BCUT2D eigenvalue weighted by Crippen LogP contribution is 2.50. The van der Waals surface area contributed by atoms with E-state index in [-0.39, 0.29) is 0 Å². The smallest absolute Gasteiger partial charge is 0.0593 e. The van der Waals surface area contributed by atoms with Crippen LogP contribution in [0.15, 0.2) is 64.4 Å². The van der Waals surface area contributed by atoms with Gasteiger partial charge in [0, 0.05) is 43.8 Å². The zero-order valence-corrected chi connectivity index (χ0v) is 17.5. The molecule has 0 spiro atoms. The maximum atomic E-state index is 5.76. The highest BCUT2D eigenvalue weighted by molar-refractivity contribution is 7.99. The van der Waals surface area contributed by atoms with Crippen LogP contribution in [0.4, 0.5) is 0 Å². The molecule has 0 saturated carbocycles. The van der Waals surface area contributed by atoms with Crippen molar-refractivity contribution in [3.05, 3.63) is 59.5 Å². The predicted octanol–water partition coefficient (Wildman–Crippen LogP) is 6.06. The Morgan fingerprint density at radius 3 is 2.33 bits per heavy atom. The van der Waals surface area contributed by atoms with Gasteiger partial charge in [-0.3, -0.25) is 0 Å². The molecule has 1 aromatic heterocycles. The first-order chi connectivity index (χ1) is 13.2. The SMILES string of the molecule is CN(C)CCOCCCc1cc2c(s1)-c1ccccc1Sc1ccccc1-2. The molecule has 0 aliphatic carbocycles. The average molecular weight is 396 g/mol. The molecule has 2 aromatic carbocycles. The molecule has 2 heterocycles. The van der Waals surface area contributed by atoms with E-state index in [1.807, 2.05) is 23.1 Å². The fourth-order valence-corrected chi connectivity index (χ4v) is 5.72. The topological polar surface area (TPSA) is 12.5 Å². The Balaban J connectivity index is 1.55. The zero-order valence-electron chi connectivity index (χ0n) is 15.9. The standard InChI is InChI=1S/C23H25NOS2/c1-24(2)13-15-25-14-7-8-17-16-20-18-9-3-5-11-21(18)27-22-12-6-4-10-19(22)23(20)26-17/h3-6,9-12,16H,7-8,13-15H2,1-2H3. The van der Waals surface area contributed by atoms with Crippen LogP contribution < -0.4 is 0 Å². The third-order valence-corrected chi connectivity index (χ3v) is 7.09. The predicted molar refractivity (Wildman–Crippen MR) is 117 cm³/mol. The van der Waals surface area contributed by atoms with Gasteiger partial charge in [0.1, 0.15) is 0 Å². The van der Waals surface area contributed by atoms with Gasteiger partial charge < -0.3 is 9.64 Å². The Labute approximate surface area is 170 Å². The minimum absolute atomic E-state index is 0.811. The molecule has 4 rings (SSSR count). The Hall–Kier alpha value is -1.59. The largest absolute Gasteiger partial charge is 0.380 e. The van der Waals surface area contributed by atoms with Crippen LogP contribution in [0.3, 0.4) is 0 Å². The average Bonchev–Trinajstić information content (AvgIpc) is 3.04. The molecule has 2 nitrogen and oxygen atoms in total. The van der Waals surface area contributed by atoms with E-state index in [0.29, 0.717) is 0 Å². The molecular formula is C23H25NOS2. The van der Waals surface area contributed by atoms with Gasteiger partial charge in [0.15, 0.2) is 0 Å². The fraction of sp³-hybridized carbons (Fsp3) is 0.304. The van der Waals surface area contributed by atoms with Crippen molar-refractivity contribution in [3.63, 3.8) is 0 Å². The number of benzene rings is 2. The van der Waals surface area contributed by atoms with E-state index in [2.05, 4.69) is 73.6 Å². The minimum Gasteiger partial charge on any atom is -0.380 e. The van der Waals surface area contributed by atoms with Crippen LogP contribution in [-0.2, 0) is 11.2 Å². The Bertz CT molecular complexity index is 853. The molecule has 0 bridgehead atoms. The number of hydrogen-bond acceptors (Lipinski definition) is 4. The van der Waals surface area contributed by atoms with Crippen molar-refractivity contribution < 1.29 is 4.74 Å². The summed E-state index contributed by atoms with van der Waals surface area (Å²) in [4.78, 5) is 7.71. The summed E-state index contributed by atoms with van der Waals surface area (Å²) in [5.41, 5.74) is 4.11. The fourth-order valence-electron chi connectivity index (χ4n) is 3.30. The van der Waals surface area contributed by atoms with E-state index in [1.54, 1.807) is 0 Å². The van der Waals surface area contributed by atoms with Crippen LogP contribution in [0.1, 0.15) is 11.3 Å². The summed E-state index contributed by atoms with van der Waals surface area (Å²) in [5, 5.41) is 0. The lowest BCUT2D eigenvalue weighted by atomic mass is 10.0. The van der Waals surface area contributed by atoms with Gasteiger partial charge in [-0.2, -0.15) is 0 Å². The quantitative estimate of drug-likeness (QED) is 0.353. The lowest BCUT2D eigenvalue weighted by Gasteiger charge is -2.09. The maximum Gasteiger partial charge on any atom is 0.0593 e. The van der Waals surface area contributed by atoms with E-state index in [9.17, 15) is 0 Å². The van der Waals surface area contributed by atoms with Gasteiger partial charge in [0.2, 0.25) is 0 Å². The van der Waals surface area contributed by atoms with E-state index >= 15 is 0 Å². The van der Waals surface area contributed by atoms with Crippen LogP contribution in [-0.4, -0.2) is 38.8 Å². The molecular weight excluding hydrogens is 370 g/mol. The molecule has 0 fully saturated rings. The summed E-state index contributed by atoms with van der Waals surface area (Å²) < 4.78 is 5.76. The Kier molecular flexibility index (Phi) is 5.98. The van der Waals surface area contributed by atoms with Crippen molar-refractivity contribution >= 4 is 23.1 Å². The molecule has 0 saturated heterocycles. The number of aryl methyl sites for hydroxylation is 1. The molecule has 0 amide bonds. The molecule has 1 aliphatic heterocycles. The van der Waals surface area contributed by atoms with Gasteiger partial charge in [0.25, 0.3) is 0 Å². The van der Waals surface area contributed by atoms with Gasteiger partial charge in [-0.05, 0) is 50.7 Å². The summed E-state index contributed by atoms with van der Waals surface area (Å²) in [7, 11) is 4.16. The number of likely N-dealkylation sites (N-methyl/N-ethyl adjacent to an activating group) is 1. The number of hydrogen-bond donors (Lipinski definition) is 0. The summed E-state index contributed by atoms with van der Waals surface area (Å²) >= 11 is 3.83. The molecule has 140 valence electrons. The second-order valence-corrected chi connectivity index (χ2v) is 9.29. The van der Waals surface area contributed by atoms with Gasteiger partial charge >= 0.3 is 0 Å². The summed E-state index contributed by atoms with van der Waals surface area (Å²) in [5.74, 6) is 0. The molecule has 0 atom stereocenters. The summed E-state index contributed by atoms with van der Waals surface area (Å²) in [6, 6.07) is 20.0. The molecule has 0 unspecified atom stereocenters. The van der Waals surface area contributed by atoms with Crippen LogP contribution in [0, 0.1) is 0 Å². The van der Waals surface area contributed by atoms with Gasteiger partial charge in [-0.25, -0.2) is 0 Å². The van der Waals surface area contributed by atoms with Crippen LogP contribution >= 0.6 is 23.1 Å². The van der Waals surface area contributed by atoms with E-state index < -0.39 is 0 Å². The second-order valence-electron chi connectivity index (χ2n) is 7.07. The number of rotatable bonds is 7. The number of fused-ring (bicyclic) bond motifs is 5. The van der Waals surface area contributed by atoms with Crippen LogP contribution in [0.5, 0.6) is 0 Å². The highest BCUT2D eigenvalue weighted by atomic mass is 32.2. The van der Waals surface area contributed by atoms with Crippen LogP contribution in [0.25, 0.3) is 21.6 Å². The van der Waals surface area contributed by atoms with E-state index in [1.165, 1.54) is 36.2 Å². The minimum atomic E-state index is 0.811. The first kappa shape index (κ1) is 18.8. The second kappa shape index (κ2) is 8.61. The lowest BCUT2D eigenvalue weighted by molar-refractivity contribution is 0.116. The van der Waals surface area contributed by atoms with Crippen molar-refractivity contribution in [2.24, 2.45) is 0 Å². The molecule has 27 heavy (non-hydrogen) atoms. The molecule has 0 radical (unpaired) electrons. The monoisotopic (exact) mass is 395 g/mol. The highest BCUT2D eigenvalue weighted by Gasteiger charge is 2.21. The van der Waals surface area contributed by atoms with Crippen molar-refractivity contribution in [2.75, 3.05) is 33.9 Å². The Morgan fingerprint density at radius 2 is 1.56 bits per heavy atom. The molecule has 1 aliphatic rings. The lowest BCUT2D eigenvalue weighted by Crippen LogP contribution is -2.18. The van der Waals surface area contributed by atoms with Crippen molar-refractivity contribution in [1.82, 2.24) is 4.90 Å². The summed E-state index contributed by atoms with van der Waals surface area (Å²) in [6.07, 6.45) is 2.15. The van der Waals surface area contributed by atoms with Gasteiger partial charge in [0.05, 0.1) is 6.61 Å². The molecule has 3 aromatic rings. The third-order valence-electron chi connectivity index (χ3n) is 4.71. The first-order valence-corrected chi connectivity index (χ1v) is 11.1. The number of nitrogens with zero attached hydrogens (tertiary/aromatic N) is 1. The zero-order chi connectivity index (χ0) is 18.6. The van der Waals surface area contributed by atoms with Crippen molar-refractivity contribution in [1.29, 1.82) is 0 Å². The normalized spacial score (nSPS) is 12.4. The Morgan fingerprint density at radius 1 is 0.852 bits per heavy atom. The van der Waals surface area contributed by atoms with Gasteiger partial charge in [-0.1, -0.05) is 48.2 Å². The van der Waals surface area contributed by atoms with Crippen LogP contribution in [0.2, 0.25) is 0 Å². The first-order valence-electron chi connectivity index (χ1n) is 9.44. The molecule has 0 N–H and O–H groups in total. The van der Waals surface area contributed by atoms with Crippen molar-refractivity contribution in [2.45, 2.75) is 22.6 Å². The van der Waals surface area contributed by atoms with E-state index in [4.69, 9.17) is 4.74 Å².